The monoisotopic (exact) mass is 614 g/mol. The lowest BCUT2D eigenvalue weighted by atomic mass is 9.88. The summed E-state index contributed by atoms with van der Waals surface area (Å²) in [5, 5.41) is 17.4. The summed E-state index contributed by atoms with van der Waals surface area (Å²) in [6.45, 7) is 3.91. The Morgan fingerprint density at radius 3 is 2.43 bits per heavy atom. The fourth-order valence-corrected chi connectivity index (χ4v) is 5.52. The van der Waals surface area contributed by atoms with E-state index in [4.69, 9.17) is 27.9 Å². The Morgan fingerprint density at radius 1 is 1.14 bits per heavy atom. The van der Waals surface area contributed by atoms with Gasteiger partial charge >= 0.3 is 0 Å². The van der Waals surface area contributed by atoms with E-state index in [2.05, 4.69) is 15.6 Å². The summed E-state index contributed by atoms with van der Waals surface area (Å²) >= 11 is 12.3. The van der Waals surface area contributed by atoms with Crippen LogP contribution in [-0.4, -0.2) is 53.5 Å². The number of amides is 2. The van der Waals surface area contributed by atoms with E-state index in [1.807, 2.05) is 0 Å². The van der Waals surface area contributed by atoms with E-state index < -0.39 is 23.1 Å². The zero-order chi connectivity index (χ0) is 30.3. The highest BCUT2D eigenvalue weighted by Crippen LogP contribution is 2.52. The zero-order valence-electron chi connectivity index (χ0n) is 23.6. The van der Waals surface area contributed by atoms with Crippen LogP contribution in [0.25, 0.3) is 0 Å². The molecule has 2 heterocycles. The highest BCUT2D eigenvalue weighted by atomic mass is 35.5. The number of fused-ring (bicyclic) bond motifs is 1. The lowest BCUT2D eigenvalue weighted by molar-refractivity contribution is -0.127. The van der Waals surface area contributed by atoms with Crippen LogP contribution in [0.5, 0.6) is 0 Å². The third-order valence-corrected chi connectivity index (χ3v) is 8.42. The second kappa shape index (κ2) is 11.5. The van der Waals surface area contributed by atoms with Crippen LogP contribution in [0.3, 0.4) is 0 Å². The number of carbonyl (C=O) groups excluding carboxylic acids is 2. The minimum absolute atomic E-state index is 0.00742. The first-order chi connectivity index (χ1) is 19.9. The third-order valence-electron chi connectivity index (χ3n) is 7.94. The zero-order valence-corrected chi connectivity index (χ0v) is 25.2. The van der Waals surface area contributed by atoms with Crippen molar-refractivity contribution < 1.29 is 23.8 Å². The Bertz CT molecular complexity index is 1490. The molecule has 2 aliphatic rings. The van der Waals surface area contributed by atoms with Crippen molar-refractivity contribution >= 4 is 35.0 Å². The van der Waals surface area contributed by atoms with Gasteiger partial charge in [0.05, 0.1) is 47.1 Å². The molecule has 0 radical (unpaired) electrons. The standard InChI is InChI=1S/C31H33Cl2FN4O4/c1-29(2,41)20-12-24-27(25(34)13-20)31(19-4-6-21(32)7-5-19,38(28(24)40)16-23-9-8-22(33)14-37-23)42-18-30(10-11-30)17-36-15-26(39)35-3/h4-9,12-14,36,41H,10-11,15-18H2,1-3H3,(H,35,39)/t31-/m1/s1. The summed E-state index contributed by atoms with van der Waals surface area (Å²) in [5.41, 5.74) is -1.90. The van der Waals surface area contributed by atoms with Gasteiger partial charge in [-0.2, -0.15) is 0 Å². The van der Waals surface area contributed by atoms with Crippen molar-refractivity contribution in [3.05, 3.63) is 98.5 Å². The first-order valence-electron chi connectivity index (χ1n) is 13.7. The topological polar surface area (TPSA) is 104 Å². The van der Waals surface area contributed by atoms with Crippen LogP contribution in [0, 0.1) is 11.2 Å². The van der Waals surface area contributed by atoms with E-state index in [0.29, 0.717) is 27.8 Å². The van der Waals surface area contributed by atoms with E-state index in [1.54, 1.807) is 43.4 Å². The van der Waals surface area contributed by atoms with E-state index in [0.717, 1.165) is 12.8 Å². The van der Waals surface area contributed by atoms with Crippen LogP contribution in [0.2, 0.25) is 10.0 Å². The van der Waals surface area contributed by atoms with Gasteiger partial charge in [0.1, 0.15) is 5.82 Å². The van der Waals surface area contributed by atoms with Crippen molar-refractivity contribution in [1.82, 2.24) is 20.5 Å². The van der Waals surface area contributed by atoms with Crippen molar-refractivity contribution in [1.29, 1.82) is 0 Å². The van der Waals surface area contributed by atoms with Crippen LogP contribution in [0.1, 0.15) is 59.4 Å². The molecular formula is C31H33Cl2FN4O4. The molecule has 0 bridgehead atoms. The number of carbonyl (C=O) groups is 2. The minimum Gasteiger partial charge on any atom is -0.386 e. The molecular weight excluding hydrogens is 582 g/mol. The molecule has 1 atom stereocenters. The molecule has 2 amide bonds. The van der Waals surface area contributed by atoms with Crippen LogP contribution in [0.4, 0.5) is 4.39 Å². The Morgan fingerprint density at radius 2 is 1.83 bits per heavy atom. The highest BCUT2D eigenvalue weighted by molar-refractivity contribution is 6.30. The lowest BCUT2D eigenvalue weighted by Gasteiger charge is -2.40. The van der Waals surface area contributed by atoms with Gasteiger partial charge in [-0.25, -0.2) is 4.39 Å². The molecule has 8 nitrogen and oxygen atoms in total. The molecule has 0 saturated heterocycles. The maximum absolute atomic E-state index is 16.4. The fraction of sp³-hybridized carbons (Fsp3) is 0.387. The van der Waals surface area contributed by atoms with Crippen molar-refractivity contribution in [2.75, 3.05) is 26.7 Å². The van der Waals surface area contributed by atoms with Gasteiger partial charge in [0.25, 0.3) is 5.91 Å². The predicted molar refractivity (Wildman–Crippen MR) is 158 cm³/mol. The Labute approximate surface area is 254 Å². The van der Waals surface area contributed by atoms with Crippen molar-refractivity contribution in [3.63, 3.8) is 0 Å². The second-order valence-electron chi connectivity index (χ2n) is 11.5. The van der Waals surface area contributed by atoms with Crippen LogP contribution < -0.4 is 10.6 Å². The number of nitrogens with zero attached hydrogens (tertiary/aromatic N) is 2. The van der Waals surface area contributed by atoms with E-state index in [1.165, 1.54) is 37.1 Å². The molecule has 5 rings (SSSR count). The number of halogens is 3. The van der Waals surface area contributed by atoms with E-state index in [-0.39, 0.29) is 47.7 Å². The molecule has 1 saturated carbocycles. The normalized spacial score (nSPS) is 19.1. The lowest BCUT2D eigenvalue weighted by Crippen LogP contribution is -2.48. The Balaban J connectivity index is 1.63. The van der Waals surface area contributed by atoms with Crippen molar-refractivity contribution in [2.45, 2.75) is 44.6 Å². The number of aromatic nitrogens is 1. The minimum atomic E-state index is -1.67. The van der Waals surface area contributed by atoms with Gasteiger partial charge in [-0.05, 0) is 68.7 Å². The number of benzene rings is 2. The quantitative estimate of drug-likeness (QED) is 0.288. The van der Waals surface area contributed by atoms with Gasteiger partial charge in [-0.15, -0.1) is 0 Å². The summed E-state index contributed by atoms with van der Waals surface area (Å²) in [5.74, 6) is -1.28. The van der Waals surface area contributed by atoms with Crippen molar-refractivity contribution in [3.8, 4) is 0 Å². The number of hydrogen-bond acceptors (Lipinski definition) is 6. The number of pyridine rings is 1. The molecule has 3 aromatic rings. The van der Waals surface area contributed by atoms with Crippen LogP contribution in [-0.2, 0) is 27.4 Å². The molecule has 0 unspecified atom stereocenters. The average molecular weight is 616 g/mol. The summed E-state index contributed by atoms with van der Waals surface area (Å²) in [6, 6.07) is 12.9. The van der Waals surface area contributed by atoms with Crippen LogP contribution in [0.15, 0.2) is 54.7 Å². The number of nitrogens with one attached hydrogen (secondary N) is 2. The first-order valence-corrected chi connectivity index (χ1v) is 14.4. The summed E-state index contributed by atoms with van der Waals surface area (Å²) in [4.78, 5) is 31.9. The van der Waals surface area contributed by atoms with Crippen LogP contribution >= 0.6 is 23.2 Å². The molecule has 42 heavy (non-hydrogen) atoms. The SMILES string of the molecule is CNC(=O)CNCC1(CO[C@]2(c3ccc(Cl)cc3)c3c(F)cc(C(C)(C)O)cc3C(=O)N2Cc2ccc(Cl)cn2)CC1. The van der Waals surface area contributed by atoms with Gasteiger partial charge in [0.2, 0.25) is 5.91 Å². The van der Waals surface area contributed by atoms with Gasteiger partial charge in [-0.3, -0.25) is 19.5 Å². The number of rotatable bonds is 11. The molecule has 2 aromatic carbocycles. The Kier molecular flexibility index (Phi) is 8.35. The second-order valence-corrected chi connectivity index (χ2v) is 12.4. The number of aliphatic hydroxyl groups is 1. The fourth-order valence-electron chi connectivity index (χ4n) is 5.29. The van der Waals surface area contributed by atoms with Crippen molar-refractivity contribution in [2.24, 2.45) is 5.41 Å². The molecule has 0 spiro atoms. The Hall–Kier alpha value is -3.08. The molecule has 11 heteroatoms. The van der Waals surface area contributed by atoms with Gasteiger partial charge in [0.15, 0.2) is 5.72 Å². The predicted octanol–water partition coefficient (Wildman–Crippen LogP) is 4.74. The smallest absolute Gasteiger partial charge is 0.257 e. The average Bonchev–Trinajstić information content (AvgIpc) is 3.68. The van der Waals surface area contributed by atoms with E-state index in [9.17, 15) is 14.7 Å². The number of hydrogen-bond donors (Lipinski definition) is 3. The molecule has 1 aliphatic carbocycles. The summed E-state index contributed by atoms with van der Waals surface area (Å²) in [7, 11) is 1.58. The molecule has 3 N–H and O–H groups in total. The maximum atomic E-state index is 16.4. The third kappa shape index (κ3) is 5.89. The molecule has 1 aromatic heterocycles. The highest BCUT2D eigenvalue weighted by Gasteiger charge is 2.56. The summed E-state index contributed by atoms with van der Waals surface area (Å²) < 4.78 is 23.2. The number of likely N-dealkylation sites (N-methyl/N-ethyl adjacent to an activating group) is 1. The molecule has 1 fully saturated rings. The molecule has 222 valence electrons. The van der Waals surface area contributed by atoms with Gasteiger partial charge in [0, 0.05) is 35.8 Å². The largest absolute Gasteiger partial charge is 0.386 e. The number of ether oxygens (including phenoxy) is 1. The van der Waals surface area contributed by atoms with E-state index >= 15 is 4.39 Å². The van der Waals surface area contributed by atoms with Gasteiger partial charge < -0.3 is 20.5 Å². The first kappa shape index (κ1) is 30.4. The maximum Gasteiger partial charge on any atom is 0.257 e. The van der Waals surface area contributed by atoms with Gasteiger partial charge in [-0.1, -0.05) is 35.3 Å². The molecule has 1 aliphatic heterocycles. The summed E-state index contributed by atoms with van der Waals surface area (Å²) in [6.07, 6.45) is 3.16.